The van der Waals surface area contributed by atoms with Crippen molar-refractivity contribution < 1.29 is 9.18 Å². The summed E-state index contributed by atoms with van der Waals surface area (Å²) in [5, 5.41) is 2.93. The third-order valence-electron chi connectivity index (χ3n) is 5.02. The van der Waals surface area contributed by atoms with Crippen LogP contribution in [0.25, 0.3) is 0 Å². The van der Waals surface area contributed by atoms with Crippen molar-refractivity contribution in [2.24, 2.45) is 23.5 Å². The van der Waals surface area contributed by atoms with Crippen molar-refractivity contribution >= 4 is 30.7 Å². The van der Waals surface area contributed by atoms with Gasteiger partial charge in [0.05, 0.1) is 18.4 Å². The van der Waals surface area contributed by atoms with Gasteiger partial charge in [0, 0.05) is 12.0 Å². The van der Waals surface area contributed by atoms with Crippen LogP contribution >= 0.6 is 24.8 Å². The molecule has 1 heterocycles. The Balaban J connectivity index is 0.00000132. The molecule has 1 aromatic rings. The van der Waals surface area contributed by atoms with E-state index in [0.717, 1.165) is 25.7 Å². The minimum Gasteiger partial charge on any atom is -0.350 e. The number of rotatable bonds is 3. The Labute approximate surface area is 148 Å². The third kappa shape index (κ3) is 4.78. The maximum absolute atomic E-state index is 12.8. The zero-order valence-electron chi connectivity index (χ0n) is 12.9. The molecule has 2 atom stereocenters. The lowest BCUT2D eigenvalue weighted by Crippen LogP contribution is -2.49. The molecule has 2 unspecified atom stereocenters. The van der Waals surface area contributed by atoms with Crippen LogP contribution in [0.15, 0.2) is 18.3 Å². The van der Waals surface area contributed by atoms with Gasteiger partial charge in [-0.25, -0.2) is 4.39 Å². The van der Waals surface area contributed by atoms with Crippen molar-refractivity contribution in [2.45, 2.75) is 44.7 Å². The van der Waals surface area contributed by atoms with Crippen LogP contribution in [0.4, 0.5) is 4.39 Å². The van der Waals surface area contributed by atoms with Gasteiger partial charge in [-0.3, -0.25) is 9.78 Å². The zero-order valence-corrected chi connectivity index (χ0v) is 14.5. The smallest absolute Gasteiger partial charge is 0.223 e. The summed E-state index contributed by atoms with van der Waals surface area (Å²) in [6, 6.07) is 3.24. The van der Waals surface area contributed by atoms with E-state index in [1.54, 1.807) is 6.07 Å². The Kier molecular flexibility index (Phi) is 7.71. The Morgan fingerprint density at radius 2 is 1.91 bits per heavy atom. The molecule has 1 aromatic heterocycles. The molecule has 23 heavy (non-hydrogen) atoms. The van der Waals surface area contributed by atoms with E-state index in [2.05, 4.69) is 10.3 Å². The second-order valence-electron chi connectivity index (χ2n) is 6.38. The summed E-state index contributed by atoms with van der Waals surface area (Å²) in [5.41, 5.74) is 6.93. The minimum absolute atomic E-state index is 0. The molecular formula is C16H24Cl2FN3O. The monoisotopic (exact) mass is 363 g/mol. The summed E-state index contributed by atoms with van der Waals surface area (Å²) in [6.45, 7) is 0.358. The van der Waals surface area contributed by atoms with Crippen molar-refractivity contribution in [3.05, 3.63) is 29.8 Å². The van der Waals surface area contributed by atoms with Crippen LogP contribution in [0.2, 0.25) is 0 Å². The van der Waals surface area contributed by atoms with Gasteiger partial charge in [0.2, 0.25) is 5.91 Å². The van der Waals surface area contributed by atoms with E-state index in [4.69, 9.17) is 5.73 Å². The van der Waals surface area contributed by atoms with Crippen LogP contribution in [-0.4, -0.2) is 16.9 Å². The van der Waals surface area contributed by atoms with E-state index in [1.807, 2.05) is 0 Å². The number of amides is 1. The second kappa shape index (κ2) is 8.81. The lowest BCUT2D eigenvalue weighted by Gasteiger charge is -2.43. The molecule has 2 aliphatic rings. The molecule has 2 fully saturated rings. The van der Waals surface area contributed by atoms with E-state index in [0.29, 0.717) is 24.1 Å². The number of fused-ring (bicyclic) bond motifs is 2. The molecule has 2 saturated carbocycles. The number of hydrogen-bond donors (Lipinski definition) is 2. The lowest BCUT2D eigenvalue weighted by molar-refractivity contribution is -0.128. The number of carbonyl (C=O) groups excluding carboxylic acids is 1. The molecule has 7 heteroatoms. The molecule has 2 bridgehead atoms. The van der Waals surface area contributed by atoms with E-state index in [1.165, 1.54) is 18.7 Å². The Morgan fingerprint density at radius 1 is 1.26 bits per heavy atom. The number of aromatic nitrogens is 1. The average molecular weight is 364 g/mol. The molecule has 0 radical (unpaired) electrons. The highest BCUT2D eigenvalue weighted by Gasteiger charge is 2.40. The lowest BCUT2D eigenvalue weighted by atomic mass is 9.65. The van der Waals surface area contributed by atoms with E-state index in [-0.39, 0.29) is 48.5 Å². The van der Waals surface area contributed by atoms with Gasteiger partial charge in [-0.2, -0.15) is 0 Å². The number of nitrogens with zero attached hydrogens (tertiary/aromatic N) is 1. The van der Waals surface area contributed by atoms with Crippen LogP contribution in [0.3, 0.4) is 0 Å². The minimum atomic E-state index is -0.362. The van der Waals surface area contributed by atoms with Gasteiger partial charge in [-0.05, 0) is 49.7 Å². The summed E-state index contributed by atoms with van der Waals surface area (Å²) >= 11 is 0. The van der Waals surface area contributed by atoms with Crippen LogP contribution in [0.1, 0.15) is 37.8 Å². The zero-order chi connectivity index (χ0) is 14.8. The fraction of sp³-hybridized carbons (Fsp3) is 0.625. The molecule has 4 nitrogen and oxygen atoms in total. The summed E-state index contributed by atoms with van der Waals surface area (Å²) < 4.78 is 12.8. The van der Waals surface area contributed by atoms with Crippen molar-refractivity contribution in [1.29, 1.82) is 0 Å². The quantitative estimate of drug-likeness (QED) is 0.867. The van der Waals surface area contributed by atoms with Gasteiger partial charge in [0.25, 0.3) is 0 Å². The summed E-state index contributed by atoms with van der Waals surface area (Å²) in [7, 11) is 0. The van der Waals surface area contributed by atoms with Gasteiger partial charge < -0.3 is 11.1 Å². The number of pyridine rings is 1. The summed E-state index contributed by atoms with van der Waals surface area (Å²) in [4.78, 5) is 16.3. The van der Waals surface area contributed by atoms with Crippen molar-refractivity contribution in [2.75, 3.05) is 0 Å². The molecule has 0 aromatic carbocycles. The van der Waals surface area contributed by atoms with E-state index in [9.17, 15) is 9.18 Å². The van der Waals surface area contributed by atoms with E-state index < -0.39 is 0 Å². The van der Waals surface area contributed by atoms with Gasteiger partial charge >= 0.3 is 0 Å². The third-order valence-corrected chi connectivity index (χ3v) is 5.02. The molecule has 2 aliphatic carbocycles. The van der Waals surface area contributed by atoms with Crippen molar-refractivity contribution in [3.63, 3.8) is 0 Å². The Hall–Kier alpha value is -0.910. The first-order valence-corrected chi connectivity index (χ1v) is 7.77. The standard InChI is InChI=1S/C16H22FN3O.2ClH/c17-13-4-5-14(19-8-13)9-20-16(21)12-6-10-2-1-3-11(7-12)15(10)18;;/h4-5,8,10-12,15H,1-3,6-7,9,18H2,(H,20,21);2*1H. The Morgan fingerprint density at radius 3 is 2.48 bits per heavy atom. The van der Waals surface area contributed by atoms with Crippen LogP contribution in [0, 0.1) is 23.6 Å². The molecule has 3 N–H and O–H groups in total. The molecule has 0 saturated heterocycles. The van der Waals surface area contributed by atoms with Crippen molar-refractivity contribution in [1.82, 2.24) is 10.3 Å². The fourth-order valence-electron chi connectivity index (χ4n) is 3.84. The first kappa shape index (κ1) is 20.1. The Bertz CT molecular complexity index is 501. The molecular weight excluding hydrogens is 340 g/mol. The highest BCUT2D eigenvalue weighted by atomic mass is 35.5. The summed E-state index contributed by atoms with van der Waals surface area (Å²) in [5.74, 6) is 0.791. The number of nitrogens with one attached hydrogen (secondary N) is 1. The van der Waals surface area contributed by atoms with Gasteiger partial charge in [0.1, 0.15) is 5.82 Å². The highest BCUT2D eigenvalue weighted by Crippen LogP contribution is 2.41. The van der Waals surface area contributed by atoms with Gasteiger partial charge in [-0.1, -0.05) is 6.42 Å². The van der Waals surface area contributed by atoms with E-state index >= 15 is 0 Å². The SMILES string of the molecule is Cl.Cl.NC1C2CCCC1CC(C(=O)NCc1ccc(F)cn1)C2. The normalized spacial score (nSPS) is 29.0. The topological polar surface area (TPSA) is 68.0 Å². The van der Waals surface area contributed by atoms with Gasteiger partial charge in [-0.15, -0.1) is 24.8 Å². The van der Waals surface area contributed by atoms with Crippen molar-refractivity contribution in [3.8, 4) is 0 Å². The van der Waals surface area contributed by atoms with Gasteiger partial charge in [0.15, 0.2) is 0 Å². The molecule has 0 aliphatic heterocycles. The number of carbonyl (C=O) groups is 1. The molecule has 3 rings (SSSR count). The molecule has 1 amide bonds. The highest BCUT2D eigenvalue weighted by molar-refractivity contribution is 5.85. The predicted octanol–water partition coefficient (Wildman–Crippen LogP) is 2.83. The van der Waals surface area contributed by atoms with Crippen LogP contribution in [0.5, 0.6) is 0 Å². The first-order chi connectivity index (χ1) is 10.1. The second-order valence-corrected chi connectivity index (χ2v) is 6.38. The summed E-state index contributed by atoms with van der Waals surface area (Å²) in [6.07, 6.45) is 6.53. The largest absolute Gasteiger partial charge is 0.350 e. The fourth-order valence-corrected chi connectivity index (χ4v) is 3.84. The average Bonchev–Trinajstić information content (AvgIpc) is 2.46. The number of hydrogen-bond acceptors (Lipinski definition) is 3. The first-order valence-electron chi connectivity index (χ1n) is 7.77. The predicted molar refractivity (Wildman–Crippen MR) is 92.1 cm³/mol. The maximum atomic E-state index is 12.8. The van der Waals surface area contributed by atoms with Crippen LogP contribution < -0.4 is 11.1 Å². The molecule has 0 spiro atoms. The number of nitrogens with two attached hydrogens (primary N) is 1. The molecule has 130 valence electrons. The maximum Gasteiger partial charge on any atom is 0.223 e. The number of halogens is 3. The van der Waals surface area contributed by atoms with Crippen LogP contribution in [-0.2, 0) is 11.3 Å².